The Bertz CT molecular complexity index is 595. The minimum absolute atomic E-state index is 0.0277. The highest BCUT2D eigenvalue weighted by atomic mass is 16.4. The zero-order valence-electron chi connectivity index (χ0n) is 11.4. The van der Waals surface area contributed by atoms with Crippen molar-refractivity contribution in [1.82, 2.24) is 0 Å². The lowest BCUT2D eigenvalue weighted by molar-refractivity contribution is 0.0696. The van der Waals surface area contributed by atoms with E-state index in [0.717, 1.165) is 5.69 Å². The summed E-state index contributed by atoms with van der Waals surface area (Å²) in [5, 5.41) is 17.4. The predicted molar refractivity (Wildman–Crippen MR) is 79.3 cm³/mol. The van der Waals surface area contributed by atoms with Gasteiger partial charge >= 0.3 is 11.9 Å². The molecule has 0 amide bonds. The van der Waals surface area contributed by atoms with Gasteiger partial charge in [-0.2, -0.15) is 0 Å². The van der Waals surface area contributed by atoms with Crippen LogP contribution in [0.5, 0.6) is 0 Å². The second-order valence-corrected chi connectivity index (χ2v) is 4.10. The van der Waals surface area contributed by atoms with Crippen LogP contribution in [0.4, 0.5) is 5.69 Å². The molecule has 0 bridgehead atoms. The van der Waals surface area contributed by atoms with Crippen molar-refractivity contribution < 1.29 is 19.8 Å². The van der Waals surface area contributed by atoms with Gasteiger partial charge in [0.05, 0.1) is 11.1 Å². The first-order valence-electron chi connectivity index (χ1n) is 6.05. The highest BCUT2D eigenvalue weighted by Gasteiger charge is 2.13. The van der Waals surface area contributed by atoms with Crippen molar-refractivity contribution in [3.63, 3.8) is 0 Å². The van der Waals surface area contributed by atoms with Crippen molar-refractivity contribution in [3.05, 3.63) is 65.2 Å². The minimum Gasteiger partial charge on any atom is -0.478 e. The average molecular weight is 288 g/mol. The van der Waals surface area contributed by atoms with E-state index in [1.54, 1.807) is 0 Å². The molecule has 0 atom stereocenters. The molecule has 21 heavy (non-hydrogen) atoms. The summed E-state index contributed by atoms with van der Waals surface area (Å²) in [5.74, 6) is 2.88. The Morgan fingerprint density at radius 2 is 1.38 bits per heavy atom. The topological polar surface area (TPSA) is 113 Å². The van der Waals surface area contributed by atoms with Crippen LogP contribution in [-0.2, 0) is 0 Å². The Hall–Kier alpha value is -2.86. The average Bonchev–Trinajstić information content (AvgIpc) is 2.48. The van der Waals surface area contributed by atoms with Crippen LogP contribution in [0.2, 0.25) is 0 Å². The van der Waals surface area contributed by atoms with Gasteiger partial charge in [-0.05, 0) is 36.8 Å². The fourth-order valence-corrected chi connectivity index (χ4v) is 1.63. The maximum atomic E-state index is 10.6. The molecule has 6 heteroatoms. The molecular weight excluding hydrogens is 272 g/mol. The van der Waals surface area contributed by atoms with Crippen LogP contribution < -0.4 is 11.3 Å². The number of hydrogen-bond acceptors (Lipinski definition) is 4. The third kappa shape index (κ3) is 4.63. The Morgan fingerprint density at radius 3 is 1.71 bits per heavy atom. The van der Waals surface area contributed by atoms with E-state index in [1.165, 1.54) is 25.1 Å². The number of nitrogens with two attached hydrogens (primary N) is 1. The minimum atomic E-state index is -1.11. The van der Waals surface area contributed by atoms with Gasteiger partial charge in [-0.15, -0.1) is 0 Å². The molecule has 0 radical (unpaired) electrons. The number of carboxylic acids is 2. The van der Waals surface area contributed by atoms with Gasteiger partial charge < -0.3 is 15.6 Å². The molecule has 5 N–H and O–H groups in total. The van der Waals surface area contributed by atoms with Gasteiger partial charge in [0.15, 0.2) is 0 Å². The third-order valence-corrected chi connectivity index (χ3v) is 2.74. The van der Waals surface area contributed by atoms with Gasteiger partial charge in [-0.1, -0.05) is 24.3 Å². The molecule has 2 aromatic rings. The molecule has 0 aliphatic rings. The Morgan fingerprint density at radius 1 is 0.905 bits per heavy atom. The number of hydrogen-bond donors (Lipinski definition) is 4. The standard InChI is InChI=1S/C9H8O4.C6H8N2/c1-5-6(8(10)11)3-2-4-7(5)9(12)13;7-8-6-4-2-1-3-5-6/h2-4H,1H3,(H,10,11)(H,12,13);1-5,8H,7H2. The highest BCUT2D eigenvalue weighted by Crippen LogP contribution is 2.13. The number of benzene rings is 2. The van der Waals surface area contributed by atoms with Crippen molar-refractivity contribution in [2.75, 3.05) is 5.43 Å². The summed E-state index contributed by atoms with van der Waals surface area (Å²) in [6, 6.07) is 13.8. The van der Waals surface area contributed by atoms with Crippen molar-refractivity contribution >= 4 is 17.6 Å². The molecule has 110 valence electrons. The van der Waals surface area contributed by atoms with Crippen LogP contribution in [0.3, 0.4) is 0 Å². The smallest absolute Gasteiger partial charge is 0.335 e. The van der Waals surface area contributed by atoms with E-state index < -0.39 is 11.9 Å². The fraction of sp³-hybridized carbons (Fsp3) is 0.0667. The Labute approximate surface area is 121 Å². The number of nitrogens with one attached hydrogen (secondary N) is 1. The van der Waals surface area contributed by atoms with E-state index in [-0.39, 0.29) is 16.7 Å². The molecule has 0 spiro atoms. The number of para-hydroxylation sites is 1. The third-order valence-electron chi connectivity index (χ3n) is 2.74. The Balaban J connectivity index is 0.000000235. The monoisotopic (exact) mass is 288 g/mol. The van der Waals surface area contributed by atoms with E-state index in [0.29, 0.717) is 0 Å². The first-order chi connectivity index (χ1) is 9.97. The van der Waals surface area contributed by atoms with Crippen LogP contribution in [-0.4, -0.2) is 22.2 Å². The number of hydrazine groups is 1. The van der Waals surface area contributed by atoms with Crippen LogP contribution in [0.15, 0.2) is 48.5 Å². The molecule has 2 rings (SSSR count). The predicted octanol–water partition coefficient (Wildman–Crippen LogP) is 2.36. The summed E-state index contributed by atoms with van der Waals surface area (Å²) < 4.78 is 0. The number of carboxylic acid groups (broad SMARTS) is 2. The van der Waals surface area contributed by atoms with E-state index in [4.69, 9.17) is 16.1 Å². The lowest BCUT2D eigenvalue weighted by atomic mass is 10.0. The summed E-state index contributed by atoms with van der Waals surface area (Å²) in [4.78, 5) is 21.2. The molecule has 0 heterocycles. The lowest BCUT2D eigenvalue weighted by Crippen LogP contribution is -2.06. The highest BCUT2D eigenvalue weighted by molar-refractivity contribution is 5.96. The van der Waals surface area contributed by atoms with Crippen molar-refractivity contribution in [3.8, 4) is 0 Å². The maximum absolute atomic E-state index is 10.6. The van der Waals surface area contributed by atoms with E-state index in [1.807, 2.05) is 30.3 Å². The molecule has 0 saturated carbocycles. The van der Waals surface area contributed by atoms with Crippen LogP contribution in [0.1, 0.15) is 26.3 Å². The van der Waals surface area contributed by atoms with E-state index in [2.05, 4.69) is 5.43 Å². The van der Waals surface area contributed by atoms with Crippen molar-refractivity contribution in [2.24, 2.45) is 5.84 Å². The summed E-state index contributed by atoms with van der Waals surface area (Å²) >= 11 is 0. The Kier molecular flexibility index (Phi) is 5.91. The van der Waals surface area contributed by atoms with E-state index in [9.17, 15) is 9.59 Å². The number of rotatable bonds is 3. The number of nitrogen functional groups attached to an aromatic ring is 1. The summed E-state index contributed by atoms with van der Waals surface area (Å²) in [6.45, 7) is 1.48. The summed E-state index contributed by atoms with van der Waals surface area (Å²) in [7, 11) is 0. The first-order valence-corrected chi connectivity index (χ1v) is 6.05. The largest absolute Gasteiger partial charge is 0.478 e. The number of carbonyl (C=O) groups is 2. The molecule has 0 fully saturated rings. The normalized spacial score (nSPS) is 9.24. The zero-order chi connectivity index (χ0) is 15.8. The SMILES string of the molecule is Cc1c(C(=O)O)cccc1C(=O)O.NNc1ccccc1. The molecule has 0 aliphatic carbocycles. The quantitative estimate of drug-likeness (QED) is 0.509. The van der Waals surface area contributed by atoms with Gasteiger partial charge in [0.1, 0.15) is 0 Å². The molecule has 0 aliphatic heterocycles. The maximum Gasteiger partial charge on any atom is 0.335 e. The zero-order valence-corrected chi connectivity index (χ0v) is 11.4. The number of aromatic carboxylic acids is 2. The first kappa shape index (κ1) is 16.2. The van der Waals surface area contributed by atoms with Crippen LogP contribution in [0, 0.1) is 6.92 Å². The molecular formula is C15H16N2O4. The van der Waals surface area contributed by atoms with Crippen molar-refractivity contribution in [1.29, 1.82) is 0 Å². The van der Waals surface area contributed by atoms with Gasteiger partial charge in [-0.25, -0.2) is 9.59 Å². The molecule has 2 aromatic carbocycles. The van der Waals surface area contributed by atoms with E-state index >= 15 is 0 Å². The van der Waals surface area contributed by atoms with Gasteiger partial charge in [0.2, 0.25) is 0 Å². The molecule has 6 nitrogen and oxygen atoms in total. The van der Waals surface area contributed by atoms with Crippen LogP contribution >= 0.6 is 0 Å². The van der Waals surface area contributed by atoms with Crippen molar-refractivity contribution in [2.45, 2.75) is 6.92 Å². The second kappa shape index (κ2) is 7.66. The molecule has 0 aromatic heterocycles. The van der Waals surface area contributed by atoms with Gasteiger partial charge in [-0.3, -0.25) is 5.84 Å². The molecule has 0 unspecified atom stereocenters. The number of anilines is 1. The van der Waals surface area contributed by atoms with Gasteiger partial charge in [0.25, 0.3) is 0 Å². The summed E-state index contributed by atoms with van der Waals surface area (Å²) in [5.41, 5.74) is 3.80. The van der Waals surface area contributed by atoms with Gasteiger partial charge in [0, 0.05) is 5.69 Å². The van der Waals surface area contributed by atoms with Crippen LogP contribution in [0.25, 0.3) is 0 Å². The lowest BCUT2D eigenvalue weighted by Gasteiger charge is -2.03. The fourth-order valence-electron chi connectivity index (χ4n) is 1.63. The second-order valence-electron chi connectivity index (χ2n) is 4.10. The molecule has 0 saturated heterocycles. The summed E-state index contributed by atoms with van der Waals surface area (Å²) in [6.07, 6.45) is 0.